The van der Waals surface area contributed by atoms with E-state index in [0.29, 0.717) is 11.0 Å². The number of amides is 1. The fourth-order valence-electron chi connectivity index (χ4n) is 3.95. The summed E-state index contributed by atoms with van der Waals surface area (Å²) in [5, 5.41) is 3.08. The van der Waals surface area contributed by atoms with E-state index in [0.717, 1.165) is 54.5 Å². The maximum atomic E-state index is 12.9. The lowest BCUT2D eigenvalue weighted by atomic mass is 10.1. The second-order valence-electron chi connectivity index (χ2n) is 8.29. The minimum absolute atomic E-state index is 0.102. The SMILES string of the molecule is C[C@H](Sc1nc(-c2ccccc2)c(-c2ccccc2)o1)C(=O)Nc1ccc(N2CCOCC2)cc1. The van der Waals surface area contributed by atoms with Gasteiger partial charge in [-0.3, -0.25) is 4.79 Å². The highest BCUT2D eigenvalue weighted by atomic mass is 32.2. The molecule has 178 valence electrons. The van der Waals surface area contributed by atoms with Gasteiger partial charge in [-0.2, -0.15) is 0 Å². The molecule has 1 aliphatic rings. The molecule has 35 heavy (non-hydrogen) atoms. The minimum Gasteiger partial charge on any atom is -0.431 e. The number of rotatable bonds is 7. The van der Waals surface area contributed by atoms with Gasteiger partial charge in [-0.25, -0.2) is 4.98 Å². The zero-order chi connectivity index (χ0) is 24.0. The number of carbonyl (C=O) groups excluding carboxylic acids is 1. The third-order valence-corrected chi connectivity index (χ3v) is 6.79. The summed E-state index contributed by atoms with van der Waals surface area (Å²) in [7, 11) is 0. The molecule has 0 saturated carbocycles. The van der Waals surface area contributed by atoms with Gasteiger partial charge in [0.25, 0.3) is 5.22 Å². The Balaban J connectivity index is 1.29. The van der Waals surface area contributed by atoms with Crippen LogP contribution in [0.15, 0.2) is 94.6 Å². The van der Waals surface area contributed by atoms with E-state index in [9.17, 15) is 4.79 Å². The number of hydrogen-bond donors (Lipinski definition) is 1. The first-order valence-electron chi connectivity index (χ1n) is 11.7. The van der Waals surface area contributed by atoms with Crippen molar-refractivity contribution >= 4 is 29.0 Å². The summed E-state index contributed by atoms with van der Waals surface area (Å²) in [6, 6.07) is 27.8. The number of carbonyl (C=O) groups is 1. The Morgan fingerprint density at radius 3 is 2.20 bits per heavy atom. The molecule has 0 spiro atoms. The third-order valence-electron chi connectivity index (χ3n) is 5.85. The molecule has 0 bridgehead atoms. The van der Waals surface area contributed by atoms with Crippen LogP contribution >= 0.6 is 11.8 Å². The van der Waals surface area contributed by atoms with Crippen molar-refractivity contribution < 1.29 is 13.9 Å². The van der Waals surface area contributed by atoms with Crippen LogP contribution in [0.4, 0.5) is 11.4 Å². The Morgan fingerprint density at radius 2 is 1.54 bits per heavy atom. The molecule has 6 nitrogen and oxygen atoms in total. The van der Waals surface area contributed by atoms with Gasteiger partial charge >= 0.3 is 0 Å². The molecule has 4 aromatic rings. The molecule has 7 heteroatoms. The maximum absolute atomic E-state index is 12.9. The molecule has 3 aromatic carbocycles. The summed E-state index contributed by atoms with van der Waals surface area (Å²) < 4.78 is 11.6. The quantitative estimate of drug-likeness (QED) is 0.326. The number of ether oxygens (including phenoxy) is 1. The van der Waals surface area contributed by atoms with Crippen molar-refractivity contribution in [1.29, 1.82) is 0 Å². The van der Waals surface area contributed by atoms with Crippen molar-refractivity contribution in [3.05, 3.63) is 84.9 Å². The van der Waals surface area contributed by atoms with Gasteiger partial charge in [0.1, 0.15) is 5.69 Å². The molecule has 0 unspecified atom stereocenters. The lowest BCUT2D eigenvalue weighted by molar-refractivity contribution is -0.115. The van der Waals surface area contributed by atoms with Crippen LogP contribution in [0.3, 0.4) is 0 Å². The summed E-state index contributed by atoms with van der Waals surface area (Å²) >= 11 is 1.31. The first-order valence-corrected chi connectivity index (χ1v) is 12.6. The Bertz CT molecular complexity index is 1200. The van der Waals surface area contributed by atoms with Gasteiger partial charge in [0.15, 0.2) is 5.76 Å². The van der Waals surface area contributed by atoms with Crippen LogP contribution in [-0.2, 0) is 9.53 Å². The minimum atomic E-state index is -0.389. The van der Waals surface area contributed by atoms with Crippen molar-refractivity contribution in [2.24, 2.45) is 0 Å². The van der Waals surface area contributed by atoms with Gasteiger partial charge in [0.2, 0.25) is 5.91 Å². The van der Waals surface area contributed by atoms with Crippen LogP contribution < -0.4 is 10.2 Å². The van der Waals surface area contributed by atoms with Gasteiger partial charge < -0.3 is 19.4 Å². The van der Waals surface area contributed by atoms with E-state index < -0.39 is 0 Å². The van der Waals surface area contributed by atoms with Gasteiger partial charge in [-0.1, -0.05) is 72.4 Å². The zero-order valence-electron chi connectivity index (χ0n) is 19.5. The second-order valence-corrected chi connectivity index (χ2v) is 9.58. The van der Waals surface area contributed by atoms with Crippen LogP contribution in [0.1, 0.15) is 6.92 Å². The molecule has 2 heterocycles. The summed E-state index contributed by atoms with van der Waals surface area (Å²) in [5.41, 5.74) is 4.59. The van der Waals surface area contributed by atoms with E-state index in [2.05, 4.69) is 10.2 Å². The van der Waals surface area contributed by atoms with Crippen LogP contribution in [0.2, 0.25) is 0 Å². The maximum Gasteiger partial charge on any atom is 0.257 e. The molecule has 1 aromatic heterocycles. The number of nitrogens with zero attached hydrogens (tertiary/aromatic N) is 2. The summed E-state index contributed by atoms with van der Waals surface area (Å²) in [6.07, 6.45) is 0. The topological polar surface area (TPSA) is 67.6 Å². The highest BCUT2D eigenvalue weighted by Crippen LogP contribution is 2.36. The van der Waals surface area contributed by atoms with Crippen molar-refractivity contribution in [3.8, 4) is 22.6 Å². The molecule has 0 aliphatic carbocycles. The van der Waals surface area contributed by atoms with Crippen LogP contribution in [0, 0.1) is 0 Å². The van der Waals surface area contributed by atoms with Crippen molar-refractivity contribution in [1.82, 2.24) is 4.98 Å². The van der Waals surface area contributed by atoms with Crippen molar-refractivity contribution in [3.63, 3.8) is 0 Å². The average Bonchev–Trinajstić information content (AvgIpc) is 3.34. The Morgan fingerprint density at radius 1 is 0.914 bits per heavy atom. The van der Waals surface area contributed by atoms with Crippen LogP contribution in [0.5, 0.6) is 0 Å². The Labute approximate surface area is 209 Å². The largest absolute Gasteiger partial charge is 0.431 e. The molecule has 1 aliphatic heterocycles. The van der Waals surface area contributed by atoms with E-state index in [4.69, 9.17) is 14.1 Å². The van der Waals surface area contributed by atoms with Crippen molar-refractivity contribution in [2.45, 2.75) is 17.4 Å². The van der Waals surface area contributed by atoms with E-state index in [-0.39, 0.29) is 11.2 Å². The molecule has 1 N–H and O–H groups in total. The smallest absolute Gasteiger partial charge is 0.257 e. The highest BCUT2D eigenvalue weighted by molar-refractivity contribution is 8.00. The van der Waals surface area contributed by atoms with Gasteiger partial charge in [-0.15, -0.1) is 0 Å². The number of benzene rings is 3. The normalized spacial score (nSPS) is 14.5. The monoisotopic (exact) mass is 485 g/mol. The molecule has 0 radical (unpaired) electrons. The molecule has 1 saturated heterocycles. The predicted molar refractivity (Wildman–Crippen MR) is 141 cm³/mol. The Hall–Kier alpha value is -3.55. The lowest BCUT2D eigenvalue weighted by Crippen LogP contribution is -2.36. The van der Waals surface area contributed by atoms with Gasteiger partial charge in [-0.05, 0) is 31.2 Å². The number of hydrogen-bond acceptors (Lipinski definition) is 6. The number of morpholine rings is 1. The van der Waals surface area contributed by atoms with E-state index in [1.54, 1.807) is 0 Å². The molecule has 1 fully saturated rings. The third kappa shape index (κ3) is 5.58. The Kier molecular flexibility index (Phi) is 7.16. The fourth-order valence-corrected chi connectivity index (χ4v) is 4.70. The number of anilines is 2. The van der Waals surface area contributed by atoms with Crippen LogP contribution in [-0.4, -0.2) is 42.4 Å². The summed E-state index contributed by atoms with van der Waals surface area (Å²) in [4.78, 5) is 19.9. The van der Waals surface area contributed by atoms with E-state index in [1.165, 1.54) is 11.8 Å². The summed E-state index contributed by atoms with van der Waals surface area (Å²) in [5.74, 6) is 0.598. The molecule has 1 amide bonds. The number of oxazole rings is 1. The van der Waals surface area contributed by atoms with E-state index in [1.807, 2.05) is 91.9 Å². The number of thioether (sulfide) groups is 1. The lowest BCUT2D eigenvalue weighted by Gasteiger charge is -2.28. The highest BCUT2D eigenvalue weighted by Gasteiger charge is 2.22. The zero-order valence-corrected chi connectivity index (χ0v) is 20.3. The molecule has 1 atom stereocenters. The van der Waals surface area contributed by atoms with E-state index >= 15 is 0 Å². The fraction of sp³-hybridized carbons (Fsp3) is 0.214. The van der Waals surface area contributed by atoms with Gasteiger partial charge in [0.05, 0.1) is 18.5 Å². The number of nitrogens with one attached hydrogen (secondary N) is 1. The molecular formula is C28H27N3O3S. The standard InChI is InChI=1S/C28H27N3O3S/c1-20(27(32)29-23-12-14-24(15-13-23)31-16-18-33-19-17-31)35-28-30-25(21-8-4-2-5-9-21)26(34-28)22-10-6-3-7-11-22/h2-15,20H,16-19H2,1H3,(H,29,32)/t20-/m0/s1. The molecular weight excluding hydrogens is 458 g/mol. The number of aromatic nitrogens is 1. The predicted octanol–water partition coefficient (Wildman–Crippen LogP) is 5.96. The average molecular weight is 486 g/mol. The van der Waals surface area contributed by atoms with Crippen molar-refractivity contribution in [2.75, 3.05) is 36.5 Å². The second kappa shape index (κ2) is 10.8. The van der Waals surface area contributed by atoms with Gasteiger partial charge in [0, 0.05) is 35.6 Å². The first kappa shape index (κ1) is 23.2. The summed E-state index contributed by atoms with van der Waals surface area (Å²) in [6.45, 7) is 5.10. The first-order chi connectivity index (χ1) is 17.2. The molecule has 5 rings (SSSR count). The van der Waals surface area contributed by atoms with Crippen LogP contribution in [0.25, 0.3) is 22.6 Å².